The quantitative estimate of drug-likeness (QED) is 0.664. The minimum Gasteiger partial charge on any atom is -0.385 e. The summed E-state index contributed by atoms with van der Waals surface area (Å²) in [5.74, 6) is 0. The van der Waals surface area contributed by atoms with Crippen molar-refractivity contribution in [2.45, 2.75) is 50.4 Å². The number of benzene rings is 2. The lowest BCUT2D eigenvalue weighted by atomic mass is 9.94. The Hall–Kier alpha value is -1.10. The second-order valence-corrected chi connectivity index (χ2v) is 8.73. The third kappa shape index (κ3) is 6.20. The molecule has 0 saturated heterocycles. The molecule has 1 fully saturated rings. The average Bonchev–Trinajstić information content (AvgIpc) is 2.71. The van der Waals surface area contributed by atoms with Crippen LogP contribution in [0.2, 0.25) is 10.0 Å². The monoisotopic (exact) mass is 422 g/mol. The van der Waals surface area contributed by atoms with Crippen molar-refractivity contribution in [1.29, 1.82) is 0 Å². The first kappa shape index (κ1) is 21.6. The summed E-state index contributed by atoms with van der Waals surface area (Å²) in [5, 5.41) is 12.0. The van der Waals surface area contributed by atoms with Gasteiger partial charge in [0, 0.05) is 10.0 Å². The maximum absolute atomic E-state index is 10.6. The van der Waals surface area contributed by atoms with Crippen molar-refractivity contribution in [2.24, 2.45) is 0 Å². The number of quaternary nitrogens is 1. The molecular formula is C23H30Cl2NO2+. The number of hydrogen-bond acceptors (Lipinski definition) is 2. The molecule has 0 bridgehead atoms. The van der Waals surface area contributed by atoms with Gasteiger partial charge in [-0.05, 0) is 61.1 Å². The van der Waals surface area contributed by atoms with Gasteiger partial charge in [0.05, 0.1) is 19.7 Å². The summed E-state index contributed by atoms with van der Waals surface area (Å²) in [6, 6.07) is 16.0. The molecule has 1 unspecified atom stereocenters. The lowest BCUT2D eigenvalue weighted by molar-refractivity contribution is -0.910. The first-order valence-corrected chi connectivity index (χ1v) is 10.9. The van der Waals surface area contributed by atoms with E-state index in [4.69, 9.17) is 27.9 Å². The topological polar surface area (TPSA) is 33.9 Å². The molecule has 1 saturated carbocycles. The van der Waals surface area contributed by atoms with E-state index in [1.54, 1.807) is 0 Å². The van der Waals surface area contributed by atoms with Gasteiger partial charge in [0.1, 0.15) is 18.8 Å². The molecule has 1 aliphatic rings. The van der Waals surface area contributed by atoms with Crippen LogP contribution < -0.4 is 4.90 Å². The second kappa shape index (κ2) is 10.6. The first-order chi connectivity index (χ1) is 13.5. The van der Waals surface area contributed by atoms with Gasteiger partial charge in [0.15, 0.2) is 0 Å². The molecule has 5 heteroatoms. The highest BCUT2D eigenvalue weighted by Crippen LogP contribution is 2.28. The van der Waals surface area contributed by atoms with E-state index in [1.165, 1.54) is 37.0 Å². The zero-order chi connectivity index (χ0) is 19.9. The number of nitrogens with one attached hydrogen (secondary N) is 1. The lowest BCUT2D eigenvalue weighted by Crippen LogP contribution is -3.14. The molecule has 2 aromatic rings. The van der Waals surface area contributed by atoms with Gasteiger partial charge in [-0.25, -0.2) is 0 Å². The smallest absolute Gasteiger partial charge is 0.126 e. The Morgan fingerprint density at radius 2 is 1.43 bits per heavy atom. The van der Waals surface area contributed by atoms with E-state index in [9.17, 15) is 5.11 Å². The van der Waals surface area contributed by atoms with Crippen molar-refractivity contribution in [2.75, 3.05) is 20.2 Å². The average molecular weight is 423 g/mol. The molecule has 2 aromatic carbocycles. The fourth-order valence-corrected chi connectivity index (χ4v) is 4.31. The molecule has 1 aliphatic carbocycles. The van der Waals surface area contributed by atoms with E-state index in [0.717, 1.165) is 11.1 Å². The Labute approximate surface area is 178 Å². The molecule has 152 valence electrons. The largest absolute Gasteiger partial charge is 0.385 e. The molecule has 3 nitrogen and oxygen atoms in total. The van der Waals surface area contributed by atoms with Crippen LogP contribution in [0.3, 0.4) is 0 Å². The number of rotatable bonds is 8. The second-order valence-electron chi connectivity index (χ2n) is 7.86. The Bertz CT molecular complexity index is 669. The van der Waals surface area contributed by atoms with Gasteiger partial charge in [0.25, 0.3) is 0 Å². The number of hydrogen-bond donors (Lipinski definition) is 2. The lowest BCUT2D eigenvalue weighted by Gasteiger charge is -2.30. The van der Waals surface area contributed by atoms with E-state index in [1.807, 2.05) is 48.5 Å². The maximum atomic E-state index is 10.6. The summed E-state index contributed by atoms with van der Waals surface area (Å²) < 4.78 is 6.19. The first-order valence-electron chi connectivity index (χ1n) is 10.2. The predicted molar refractivity (Wildman–Crippen MR) is 115 cm³/mol. The molecule has 0 radical (unpaired) electrons. The fourth-order valence-electron chi connectivity index (χ4n) is 4.06. The number of aliphatic hydroxyl groups is 1. The van der Waals surface area contributed by atoms with Gasteiger partial charge in [-0.3, -0.25) is 0 Å². The normalized spacial score (nSPS) is 17.6. The number of ether oxygens (including phenoxy) is 1. The van der Waals surface area contributed by atoms with Crippen LogP contribution in [-0.4, -0.2) is 37.5 Å². The highest BCUT2D eigenvalue weighted by molar-refractivity contribution is 6.30. The Kier molecular flexibility index (Phi) is 8.19. The zero-order valence-corrected chi connectivity index (χ0v) is 17.9. The van der Waals surface area contributed by atoms with Gasteiger partial charge in [0.2, 0.25) is 0 Å². The summed E-state index contributed by atoms with van der Waals surface area (Å²) in [6.07, 6.45) is 5.73. The van der Waals surface area contributed by atoms with Crippen molar-refractivity contribution < 1.29 is 14.7 Å². The molecule has 3 rings (SSSR count). The van der Waals surface area contributed by atoms with Gasteiger partial charge >= 0.3 is 0 Å². The standard InChI is InChI=1S/C23H29Cl2NO2/c1-26(21-5-3-2-4-6-21)15-22(27)16-28-23(17-7-11-19(24)12-8-17)18-9-13-20(25)14-10-18/h7-14,21-23,27H,2-6,15-16H2,1H3/p+1/t22-/m0/s1. The molecule has 0 amide bonds. The molecular weight excluding hydrogens is 393 g/mol. The Morgan fingerprint density at radius 1 is 0.929 bits per heavy atom. The van der Waals surface area contributed by atoms with E-state index in [2.05, 4.69) is 7.05 Å². The summed E-state index contributed by atoms with van der Waals surface area (Å²) in [7, 11) is 2.19. The van der Waals surface area contributed by atoms with Crippen molar-refractivity contribution >= 4 is 23.2 Å². The number of halogens is 2. The van der Waals surface area contributed by atoms with E-state index in [-0.39, 0.29) is 6.10 Å². The molecule has 2 N–H and O–H groups in total. The highest BCUT2D eigenvalue weighted by Gasteiger charge is 2.24. The van der Waals surface area contributed by atoms with Crippen molar-refractivity contribution in [3.8, 4) is 0 Å². The van der Waals surface area contributed by atoms with Crippen LogP contribution in [0.25, 0.3) is 0 Å². The van der Waals surface area contributed by atoms with Crippen molar-refractivity contribution in [1.82, 2.24) is 0 Å². The fraction of sp³-hybridized carbons (Fsp3) is 0.478. The highest BCUT2D eigenvalue weighted by atomic mass is 35.5. The molecule has 2 atom stereocenters. The molecule has 0 aromatic heterocycles. The van der Waals surface area contributed by atoms with Crippen LogP contribution in [0.15, 0.2) is 48.5 Å². The van der Waals surface area contributed by atoms with Gasteiger partial charge in [-0.2, -0.15) is 0 Å². The van der Waals surface area contributed by atoms with Crippen LogP contribution >= 0.6 is 23.2 Å². The van der Waals surface area contributed by atoms with Crippen molar-refractivity contribution in [3.05, 3.63) is 69.7 Å². The zero-order valence-electron chi connectivity index (χ0n) is 16.4. The number of aliphatic hydroxyl groups excluding tert-OH is 1. The van der Waals surface area contributed by atoms with Crippen LogP contribution in [0, 0.1) is 0 Å². The van der Waals surface area contributed by atoms with Gasteiger partial charge < -0.3 is 14.7 Å². The minimum absolute atomic E-state index is 0.265. The summed E-state index contributed by atoms with van der Waals surface area (Å²) in [6.45, 7) is 0.999. The maximum Gasteiger partial charge on any atom is 0.126 e. The summed E-state index contributed by atoms with van der Waals surface area (Å²) in [5.41, 5.74) is 2.01. The summed E-state index contributed by atoms with van der Waals surface area (Å²) in [4.78, 5) is 1.41. The van der Waals surface area contributed by atoms with E-state index >= 15 is 0 Å². The Morgan fingerprint density at radius 3 is 1.93 bits per heavy atom. The molecule has 0 spiro atoms. The van der Waals surface area contributed by atoms with E-state index < -0.39 is 6.10 Å². The third-order valence-corrected chi connectivity index (χ3v) is 6.16. The summed E-state index contributed by atoms with van der Waals surface area (Å²) >= 11 is 12.1. The molecule has 28 heavy (non-hydrogen) atoms. The van der Waals surface area contributed by atoms with Crippen LogP contribution in [0.4, 0.5) is 0 Å². The minimum atomic E-state index is -0.496. The number of likely N-dealkylation sites (N-methyl/N-ethyl adjacent to an activating group) is 1. The Balaban J connectivity index is 1.63. The molecule has 0 aliphatic heterocycles. The predicted octanol–water partition coefficient (Wildman–Crippen LogP) is 4.31. The SMILES string of the molecule is C[NH+](C[C@H](O)COC(c1ccc(Cl)cc1)c1ccc(Cl)cc1)C1CCCCC1. The van der Waals surface area contributed by atoms with Crippen LogP contribution in [0.5, 0.6) is 0 Å². The third-order valence-electron chi connectivity index (χ3n) is 5.66. The van der Waals surface area contributed by atoms with Crippen LogP contribution in [-0.2, 0) is 4.74 Å². The van der Waals surface area contributed by atoms with E-state index in [0.29, 0.717) is 29.2 Å². The van der Waals surface area contributed by atoms with Gasteiger partial charge in [-0.1, -0.05) is 53.9 Å². The van der Waals surface area contributed by atoms with Crippen molar-refractivity contribution in [3.63, 3.8) is 0 Å². The van der Waals surface area contributed by atoms with Crippen LogP contribution in [0.1, 0.15) is 49.3 Å². The van der Waals surface area contributed by atoms with Gasteiger partial charge in [-0.15, -0.1) is 0 Å². The molecule has 0 heterocycles.